The summed E-state index contributed by atoms with van der Waals surface area (Å²) in [4.78, 5) is 10.4. The van der Waals surface area contributed by atoms with E-state index in [2.05, 4.69) is 20.6 Å². The summed E-state index contributed by atoms with van der Waals surface area (Å²) in [5, 5.41) is 20.0. The molecule has 0 radical (unpaired) electrons. The second kappa shape index (κ2) is 2.13. The van der Waals surface area contributed by atoms with Crippen LogP contribution < -0.4 is 11.5 Å². The molecule has 54 valence electrons. The second-order valence-electron chi connectivity index (χ2n) is 1.31. The van der Waals surface area contributed by atoms with Crippen molar-refractivity contribution in [1.82, 2.24) is 20.3 Å². The van der Waals surface area contributed by atoms with E-state index in [4.69, 9.17) is 5.84 Å². The van der Waals surface area contributed by atoms with Gasteiger partial charge in [-0.25, -0.2) is 10.1 Å². The van der Waals surface area contributed by atoms with E-state index < -0.39 is 5.03 Å². The van der Waals surface area contributed by atoms with Crippen molar-refractivity contribution in [1.29, 1.82) is 0 Å². The van der Waals surface area contributed by atoms with Gasteiger partial charge in [0.1, 0.15) is 5.10 Å². The zero-order valence-electron chi connectivity index (χ0n) is 4.63. The molecule has 0 saturated heterocycles. The lowest BCUT2D eigenvalue weighted by Crippen LogP contribution is -2.28. The summed E-state index contributed by atoms with van der Waals surface area (Å²) in [7, 11) is 0. The first-order valence-electron chi connectivity index (χ1n) is 2.14. The summed E-state index contributed by atoms with van der Waals surface area (Å²) in [6, 6.07) is 0. The summed E-state index contributed by atoms with van der Waals surface area (Å²) in [6.45, 7) is 0. The maximum atomic E-state index is 9.71. The molecule has 0 aliphatic heterocycles. The largest absolute Gasteiger partial charge is 0.356 e. The highest BCUT2D eigenvalue weighted by Gasteiger charge is 1.95. The van der Waals surface area contributed by atoms with E-state index in [-0.39, 0.29) is 5.62 Å². The highest BCUT2D eigenvalue weighted by molar-refractivity contribution is 4.42. The number of hydrogen-bond acceptors (Lipinski definition) is 5. The predicted molar refractivity (Wildman–Crippen MR) is 27.1 cm³/mol. The molecule has 3 N–H and O–H groups in total. The Morgan fingerprint density at radius 3 is 3.00 bits per heavy atom. The first-order valence-corrected chi connectivity index (χ1v) is 2.14. The Hall–Kier alpha value is -1.93. The smallest absolute Gasteiger partial charge is 0.320 e. The van der Waals surface area contributed by atoms with Crippen molar-refractivity contribution >= 4 is 0 Å². The van der Waals surface area contributed by atoms with Gasteiger partial charge in [-0.15, -0.1) is 4.79 Å². The van der Waals surface area contributed by atoms with E-state index in [0.29, 0.717) is 0 Å². The number of nitrogens with two attached hydrogens (primary N) is 1. The van der Waals surface area contributed by atoms with Gasteiger partial charge >= 0.3 is 5.62 Å². The molecule has 10 heavy (non-hydrogen) atoms. The summed E-state index contributed by atoms with van der Waals surface area (Å²) < 4.78 is 0. The average molecular weight is 145 g/mol. The third-order valence-electron chi connectivity index (χ3n) is 0.678. The molecule has 9 nitrogen and oxygen atoms in total. The average Bonchev–Trinajstić information content (AvgIpc) is 2.15. The minimum atomic E-state index is -0.915. The van der Waals surface area contributed by atoms with Crippen molar-refractivity contribution in [3.8, 4) is 0 Å². The zero-order valence-corrected chi connectivity index (χ0v) is 4.63. The fourth-order valence-electron chi connectivity index (χ4n) is 0.349. The topological polar surface area (TPSA) is 128 Å². The number of nitrogens with zero attached hydrogens (tertiary/aromatic N) is 5. The van der Waals surface area contributed by atoms with Crippen molar-refractivity contribution < 1.29 is 5.03 Å². The number of rotatable bonds is 1. The number of aromatic nitrogens is 4. The van der Waals surface area contributed by atoms with Gasteiger partial charge in [0.2, 0.25) is 0 Å². The molecular weight excluding hydrogens is 142 g/mol. The molecule has 1 aromatic heterocycles. The molecule has 0 fully saturated rings. The molecule has 0 atom stereocenters. The van der Waals surface area contributed by atoms with Gasteiger partial charge in [0.25, 0.3) is 0 Å². The second-order valence-corrected chi connectivity index (χ2v) is 1.31. The Balaban J connectivity index is 3.15. The third kappa shape index (κ3) is 1.07. The van der Waals surface area contributed by atoms with Crippen LogP contribution in [0.1, 0.15) is 0 Å². The van der Waals surface area contributed by atoms with E-state index in [0.717, 1.165) is 4.79 Å². The van der Waals surface area contributed by atoms with Crippen LogP contribution in [0.5, 0.6) is 0 Å². The van der Waals surface area contributed by atoms with Gasteiger partial charge in [-0.2, -0.15) is 5.21 Å². The molecule has 1 heterocycles. The molecule has 0 unspecified atom stereocenters. The van der Waals surface area contributed by atoms with Crippen LogP contribution in [-0.4, -0.2) is 25.3 Å². The molecule has 1 rings (SSSR count). The number of nitro groups is 1. The van der Waals surface area contributed by atoms with Crippen LogP contribution in [0.4, 0.5) is 0 Å². The zero-order chi connectivity index (χ0) is 7.56. The van der Waals surface area contributed by atoms with Crippen molar-refractivity contribution in [2.24, 2.45) is 5.10 Å². The lowest BCUT2D eigenvalue weighted by molar-refractivity contribution is -0.491. The molecule has 0 bridgehead atoms. The van der Waals surface area contributed by atoms with Gasteiger partial charge < -0.3 is 5.84 Å². The fraction of sp³-hybridized carbons (Fsp3) is 0. The number of nitrogens with one attached hydrogen (secondary N) is 1. The number of hydrogen-bond donors (Lipinski definition) is 2. The van der Waals surface area contributed by atoms with Crippen LogP contribution >= 0.6 is 0 Å². The maximum absolute atomic E-state index is 9.71. The Kier molecular flexibility index (Phi) is 1.32. The van der Waals surface area contributed by atoms with Crippen molar-refractivity contribution in [2.45, 2.75) is 0 Å². The van der Waals surface area contributed by atoms with Gasteiger partial charge in [0, 0.05) is 0 Å². The van der Waals surface area contributed by atoms with Gasteiger partial charge in [-0.05, 0) is 5.21 Å². The first kappa shape index (κ1) is 6.19. The maximum Gasteiger partial charge on any atom is 0.356 e. The van der Waals surface area contributed by atoms with E-state index in [1.54, 1.807) is 0 Å². The van der Waals surface area contributed by atoms with Gasteiger partial charge in [0.15, 0.2) is 5.03 Å². The van der Waals surface area contributed by atoms with Gasteiger partial charge in [0.05, 0.1) is 0 Å². The normalized spacial score (nSPS) is 11.8. The van der Waals surface area contributed by atoms with Crippen molar-refractivity contribution in [3.63, 3.8) is 0 Å². The van der Waals surface area contributed by atoms with Crippen LogP contribution in [-0.2, 0) is 0 Å². The van der Waals surface area contributed by atoms with Crippen LogP contribution in [0.2, 0.25) is 0 Å². The standard InChI is InChI=1S/CH3N7O2/c2-7-1(3-5-6-7)4-8(9)10/h2H2,(H,3,4,6). The fourth-order valence-corrected chi connectivity index (χ4v) is 0.349. The Labute approximate surface area is 53.2 Å². The summed E-state index contributed by atoms with van der Waals surface area (Å²) in [5.74, 6) is 5.03. The van der Waals surface area contributed by atoms with Crippen LogP contribution in [0, 0.1) is 10.1 Å². The monoisotopic (exact) mass is 145 g/mol. The Morgan fingerprint density at radius 1 is 1.90 bits per heavy atom. The minimum Gasteiger partial charge on any atom is -0.320 e. The van der Waals surface area contributed by atoms with Gasteiger partial charge in [-0.1, -0.05) is 5.10 Å². The Morgan fingerprint density at radius 2 is 2.60 bits per heavy atom. The predicted octanol–water partition coefficient (Wildman–Crippen LogP) is -2.59. The molecule has 0 aliphatic carbocycles. The Bertz CT molecular complexity index is 293. The number of H-pyrrole nitrogens is 1. The molecule has 0 saturated carbocycles. The molecule has 9 heteroatoms. The SMILES string of the molecule is Nn1[nH]nn/c1=N\[N+](=O)[O-]. The van der Waals surface area contributed by atoms with E-state index in [9.17, 15) is 10.1 Å². The van der Waals surface area contributed by atoms with E-state index in [1.807, 2.05) is 0 Å². The van der Waals surface area contributed by atoms with Gasteiger partial charge in [-0.3, -0.25) is 0 Å². The van der Waals surface area contributed by atoms with Crippen LogP contribution in [0.25, 0.3) is 0 Å². The number of tetrazole rings is 1. The molecular formula is CH3N7O2. The number of nitrogen functional groups attached to an aromatic ring is 1. The van der Waals surface area contributed by atoms with Crippen LogP contribution in [0.3, 0.4) is 0 Å². The highest BCUT2D eigenvalue weighted by Crippen LogP contribution is 1.61. The molecule has 1 aromatic rings. The van der Waals surface area contributed by atoms with Crippen LogP contribution in [0.15, 0.2) is 5.10 Å². The lowest BCUT2D eigenvalue weighted by atomic mass is 11.2. The summed E-state index contributed by atoms with van der Waals surface area (Å²) >= 11 is 0. The molecule has 0 aromatic carbocycles. The molecule has 0 amide bonds. The van der Waals surface area contributed by atoms with E-state index >= 15 is 0 Å². The third-order valence-corrected chi connectivity index (χ3v) is 0.678. The molecule has 0 aliphatic rings. The van der Waals surface area contributed by atoms with Crippen molar-refractivity contribution in [3.05, 3.63) is 15.7 Å². The van der Waals surface area contributed by atoms with E-state index in [1.165, 1.54) is 0 Å². The number of aromatic amines is 1. The lowest BCUT2D eigenvalue weighted by Gasteiger charge is -1.80. The highest BCUT2D eigenvalue weighted by atomic mass is 16.7. The summed E-state index contributed by atoms with van der Waals surface area (Å²) in [6.07, 6.45) is 0. The van der Waals surface area contributed by atoms with Crippen molar-refractivity contribution in [2.75, 3.05) is 5.84 Å². The quantitative estimate of drug-likeness (QED) is 0.254. The minimum absolute atomic E-state index is 0.287. The summed E-state index contributed by atoms with van der Waals surface area (Å²) in [5.41, 5.74) is -0.287. The molecule has 0 spiro atoms. The first-order chi connectivity index (χ1) is 4.70.